The topological polar surface area (TPSA) is 71.8 Å². The second-order valence-corrected chi connectivity index (χ2v) is 9.85. The van der Waals surface area contributed by atoms with Gasteiger partial charge in [0.2, 0.25) is 0 Å². The SMILES string of the molecule is COc1ccc(/C(O)=C2\C(=O)C(=O)N(c3ccc(C)c(C)c3)C2c2cn(C)c3ccccc23)cc1Br. The van der Waals surface area contributed by atoms with Crippen molar-refractivity contribution in [3.63, 3.8) is 0 Å². The summed E-state index contributed by atoms with van der Waals surface area (Å²) in [6, 6.07) is 17.8. The number of carbonyl (C=O) groups is 2. The summed E-state index contributed by atoms with van der Waals surface area (Å²) in [5.74, 6) is -1.05. The molecular weight excluding hydrogens is 520 g/mol. The van der Waals surface area contributed by atoms with Gasteiger partial charge < -0.3 is 14.4 Å². The Morgan fingerprint density at radius 3 is 2.44 bits per heavy atom. The maximum absolute atomic E-state index is 13.5. The first kappa shape index (κ1) is 23.9. The number of benzene rings is 3. The Morgan fingerprint density at radius 1 is 1.00 bits per heavy atom. The van der Waals surface area contributed by atoms with Gasteiger partial charge in [-0.2, -0.15) is 0 Å². The summed E-state index contributed by atoms with van der Waals surface area (Å²) in [5.41, 5.74) is 4.88. The first-order chi connectivity index (χ1) is 17.2. The Kier molecular flexibility index (Phi) is 5.96. The highest BCUT2D eigenvalue weighted by Crippen LogP contribution is 2.45. The van der Waals surface area contributed by atoms with Crippen LogP contribution in [-0.4, -0.2) is 28.5 Å². The molecule has 5 rings (SSSR count). The smallest absolute Gasteiger partial charge is 0.300 e. The second-order valence-electron chi connectivity index (χ2n) is 9.00. The monoisotopic (exact) mass is 544 g/mol. The molecule has 7 heteroatoms. The van der Waals surface area contributed by atoms with E-state index in [4.69, 9.17) is 4.74 Å². The lowest BCUT2D eigenvalue weighted by molar-refractivity contribution is -0.132. The normalized spacial score (nSPS) is 17.2. The van der Waals surface area contributed by atoms with Crippen LogP contribution in [0.2, 0.25) is 0 Å². The number of ketones is 1. The molecular formula is C29H25BrN2O4. The summed E-state index contributed by atoms with van der Waals surface area (Å²) in [7, 11) is 3.48. The molecule has 1 fully saturated rings. The lowest BCUT2D eigenvalue weighted by Crippen LogP contribution is -2.29. The quantitative estimate of drug-likeness (QED) is 0.189. The lowest BCUT2D eigenvalue weighted by Gasteiger charge is -2.25. The van der Waals surface area contributed by atoms with Crippen LogP contribution >= 0.6 is 15.9 Å². The minimum absolute atomic E-state index is 0.0478. The number of hydrogen-bond acceptors (Lipinski definition) is 4. The average molecular weight is 545 g/mol. The van der Waals surface area contributed by atoms with Crippen molar-refractivity contribution in [1.82, 2.24) is 4.57 Å². The van der Waals surface area contributed by atoms with Gasteiger partial charge in [-0.05, 0) is 77.3 Å². The van der Waals surface area contributed by atoms with Crippen molar-refractivity contribution < 1.29 is 19.4 Å². The van der Waals surface area contributed by atoms with Crippen LogP contribution in [0.15, 0.2) is 76.9 Å². The molecule has 1 aliphatic rings. The molecule has 36 heavy (non-hydrogen) atoms. The van der Waals surface area contributed by atoms with Gasteiger partial charge >= 0.3 is 0 Å². The van der Waals surface area contributed by atoms with Crippen molar-refractivity contribution in [2.75, 3.05) is 12.0 Å². The molecule has 0 saturated carbocycles. The number of aryl methyl sites for hydroxylation is 3. The van der Waals surface area contributed by atoms with E-state index in [0.717, 1.165) is 27.6 Å². The van der Waals surface area contributed by atoms with Crippen LogP contribution in [0.1, 0.15) is 28.3 Å². The number of Topliss-reactive ketones (excluding diaryl/α,β-unsaturated/α-hetero) is 1. The third kappa shape index (κ3) is 3.71. The average Bonchev–Trinajstić information content (AvgIpc) is 3.34. The fraction of sp³-hybridized carbons (Fsp3) is 0.172. The molecule has 1 unspecified atom stereocenters. The van der Waals surface area contributed by atoms with Gasteiger partial charge in [0, 0.05) is 41.0 Å². The van der Waals surface area contributed by atoms with Gasteiger partial charge in [0.1, 0.15) is 11.5 Å². The zero-order valence-corrected chi connectivity index (χ0v) is 22.0. The second kappa shape index (κ2) is 8.99. The molecule has 4 aromatic rings. The number of carbonyl (C=O) groups excluding carboxylic acids is 2. The number of anilines is 1. The molecule has 0 aliphatic carbocycles. The summed E-state index contributed by atoms with van der Waals surface area (Å²) in [6.45, 7) is 3.97. The Bertz CT molecular complexity index is 1580. The number of aliphatic hydroxyl groups is 1. The molecule has 0 bridgehead atoms. The fourth-order valence-corrected chi connectivity index (χ4v) is 5.37. The Hall–Kier alpha value is -3.84. The predicted octanol–water partition coefficient (Wildman–Crippen LogP) is 6.19. The van der Waals surface area contributed by atoms with E-state index in [-0.39, 0.29) is 11.3 Å². The molecule has 1 atom stereocenters. The minimum Gasteiger partial charge on any atom is -0.507 e. The number of nitrogens with zero attached hydrogens (tertiary/aromatic N) is 2. The standard InChI is InChI=1S/C29H25BrN2O4/c1-16-9-11-19(13-17(16)2)32-26(21-15-31(3)23-8-6-5-7-20(21)23)25(28(34)29(32)35)27(33)18-10-12-24(36-4)22(30)14-18/h5-15,26,33H,1-4H3/b27-25+. The predicted molar refractivity (Wildman–Crippen MR) is 144 cm³/mol. The molecule has 6 nitrogen and oxygen atoms in total. The van der Waals surface area contributed by atoms with E-state index < -0.39 is 17.7 Å². The number of amides is 1. The number of para-hydroxylation sites is 1. The zero-order valence-electron chi connectivity index (χ0n) is 20.4. The zero-order chi connectivity index (χ0) is 25.7. The van der Waals surface area contributed by atoms with E-state index >= 15 is 0 Å². The van der Waals surface area contributed by atoms with E-state index in [0.29, 0.717) is 21.5 Å². The van der Waals surface area contributed by atoms with Crippen molar-refractivity contribution >= 4 is 50.0 Å². The molecule has 1 saturated heterocycles. The number of ether oxygens (including phenoxy) is 1. The van der Waals surface area contributed by atoms with Crippen LogP contribution < -0.4 is 9.64 Å². The van der Waals surface area contributed by atoms with Gasteiger partial charge in [-0.15, -0.1) is 0 Å². The van der Waals surface area contributed by atoms with E-state index in [1.165, 1.54) is 4.90 Å². The van der Waals surface area contributed by atoms with Gasteiger partial charge in [0.15, 0.2) is 0 Å². The largest absolute Gasteiger partial charge is 0.507 e. The summed E-state index contributed by atoms with van der Waals surface area (Å²) >= 11 is 3.45. The van der Waals surface area contributed by atoms with Crippen molar-refractivity contribution in [2.24, 2.45) is 7.05 Å². The van der Waals surface area contributed by atoms with Crippen molar-refractivity contribution in [2.45, 2.75) is 19.9 Å². The Morgan fingerprint density at radius 2 is 1.75 bits per heavy atom. The minimum atomic E-state index is -0.806. The molecule has 1 aliphatic heterocycles. The summed E-state index contributed by atoms with van der Waals surface area (Å²) < 4.78 is 7.90. The van der Waals surface area contributed by atoms with E-state index in [9.17, 15) is 14.7 Å². The van der Waals surface area contributed by atoms with Crippen molar-refractivity contribution in [3.8, 4) is 5.75 Å². The number of rotatable bonds is 4. The highest BCUT2D eigenvalue weighted by molar-refractivity contribution is 9.10. The van der Waals surface area contributed by atoms with E-state index in [1.807, 2.05) is 74.1 Å². The Balaban J connectivity index is 1.80. The molecule has 1 aromatic heterocycles. The highest BCUT2D eigenvalue weighted by Gasteiger charge is 2.48. The van der Waals surface area contributed by atoms with Crippen LogP contribution in [0.25, 0.3) is 16.7 Å². The van der Waals surface area contributed by atoms with Crippen molar-refractivity contribution in [1.29, 1.82) is 0 Å². The van der Waals surface area contributed by atoms with Gasteiger partial charge in [0.25, 0.3) is 11.7 Å². The number of halogens is 1. The summed E-state index contributed by atoms with van der Waals surface area (Å²) in [5, 5.41) is 12.4. The maximum Gasteiger partial charge on any atom is 0.300 e. The van der Waals surface area contributed by atoms with Crippen LogP contribution in [0.4, 0.5) is 5.69 Å². The van der Waals surface area contributed by atoms with Crippen LogP contribution in [-0.2, 0) is 16.6 Å². The molecule has 3 aromatic carbocycles. The molecule has 0 radical (unpaired) electrons. The number of hydrogen-bond donors (Lipinski definition) is 1. The third-order valence-corrected chi connectivity index (χ3v) is 7.48. The summed E-state index contributed by atoms with van der Waals surface area (Å²) in [6.07, 6.45) is 1.92. The maximum atomic E-state index is 13.5. The summed E-state index contributed by atoms with van der Waals surface area (Å²) in [4.78, 5) is 28.6. The number of aliphatic hydroxyl groups excluding tert-OH is 1. The fourth-order valence-electron chi connectivity index (χ4n) is 4.83. The van der Waals surface area contributed by atoms with E-state index in [1.54, 1.807) is 25.3 Å². The molecule has 2 heterocycles. The first-order valence-electron chi connectivity index (χ1n) is 11.5. The van der Waals surface area contributed by atoms with Crippen LogP contribution in [0.3, 0.4) is 0 Å². The van der Waals surface area contributed by atoms with Crippen LogP contribution in [0, 0.1) is 13.8 Å². The first-order valence-corrected chi connectivity index (χ1v) is 12.3. The highest BCUT2D eigenvalue weighted by atomic mass is 79.9. The number of aromatic nitrogens is 1. The number of methoxy groups -OCH3 is 1. The van der Waals surface area contributed by atoms with Crippen LogP contribution in [0.5, 0.6) is 5.75 Å². The van der Waals surface area contributed by atoms with Crippen molar-refractivity contribution in [3.05, 3.63) is 99.2 Å². The molecule has 1 N–H and O–H groups in total. The van der Waals surface area contributed by atoms with Gasteiger partial charge in [-0.1, -0.05) is 24.3 Å². The third-order valence-electron chi connectivity index (χ3n) is 6.86. The molecule has 182 valence electrons. The number of fused-ring (bicyclic) bond motifs is 1. The molecule has 1 amide bonds. The van der Waals surface area contributed by atoms with Gasteiger partial charge in [-0.25, -0.2) is 0 Å². The molecule has 0 spiro atoms. The van der Waals surface area contributed by atoms with E-state index in [2.05, 4.69) is 15.9 Å². The van der Waals surface area contributed by atoms with Gasteiger partial charge in [0.05, 0.1) is 23.2 Å². The van der Waals surface area contributed by atoms with Gasteiger partial charge in [-0.3, -0.25) is 14.5 Å². The lowest BCUT2D eigenvalue weighted by atomic mass is 9.94. The Labute approximate surface area is 217 Å².